The highest BCUT2D eigenvalue weighted by atomic mass is 79.9. The van der Waals surface area contributed by atoms with E-state index in [9.17, 15) is 0 Å². The van der Waals surface area contributed by atoms with Gasteiger partial charge in [0, 0.05) is 12.1 Å². The van der Waals surface area contributed by atoms with Gasteiger partial charge in [-0.3, -0.25) is 0 Å². The first-order valence-corrected chi connectivity index (χ1v) is 8.66. The van der Waals surface area contributed by atoms with E-state index in [1.54, 1.807) is 0 Å². The maximum absolute atomic E-state index is 4.50. The van der Waals surface area contributed by atoms with Gasteiger partial charge in [0.05, 0.1) is 11.4 Å². The van der Waals surface area contributed by atoms with Gasteiger partial charge in [-0.2, -0.15) is 0 Å². The van der Waals surface area contributed by atoms with Gasteiger partial charge in [0.2, 0.25) is 0 Å². The van der Waals surface area contributed by atoms with Gasteiger partial charge in [-0.15, -0.1) is 0 Å². The zero-order chi connectivity index (χ0) is 13.9. The van der Waals surface area contributed by atoms with Crippen LogP contribution in [0.25, 0.3) is 0 Å². The van der Waals surface area contributed by atoms with E-state index in [2.05, 4.69) is 44.5 Å². The zero-order valence-electron chi connectivity index (χ0n) is 12.2. The van der Waals surface area contributed by atoms with E-state index in [1.165, 1.54) is 50.8 Å². The van der Waals surface area contributed by atoms with E-state index in [1.807, 2.05) is 6.07 Å². The van der Waals surface area contributed by atoms with Crippen LogP contribution in [0, 0.1) is 12.8 Å². The molecule has 2 fully saturated rings. The fraction of sp³-hybridized carbons (Fsp3) is 0.688. The number of rotatable bonds is 3. The molecule has 2 N–H and O–H groups in total. The Kier molecular flexibility index (Phi) is 4.61. The molecule has 20 heavy (non-hydrogen) atoms. The molecule has 110 valence electrons. The van der Waals surface area contributed by atoms with Crippen molar-refractivity contribution in [2.45, 2.75) is 57.5 Å². The summed E-state index contributed by atoms with van der Waals surface area (Å²) in [7, 11) is 0. The molecule has 0 spiro atoms. The number of anilines is 1. The fourth-order valence-corrected chi connectivity index (χ4v) is 4.18. The lowest BCUT2D eigenvalue weighted by Crippen LogP contribution is -2.43. The van der Waals surface area contributed by atoms with Crippen molar-refractivity contribution in [3.63, 3.8) is 0 Å². The summed E-state index contributed by atoms with van der Waals surface area (Å²) < 4.78 is 0.915. The Bertz CT molecular complexity index is 457. The van der Waals surface area contributed by atoms with E-state index >= 15 is 0 Å². The van der Waals surface area contributed by atoms with E-state index < -0.39 is 0 Å². The number of aromatic nitrogens is 1. The Hall–Kier alpha value is -0.610. The van der Waals surface area contributed by atoms with Crippen molar-refractivity contribution in [2.24, 2.45) is 5.92 Å². The van der Waals surface area contributed by atoms with Crippen LogP contribution in [-0.4, -0.2) is 23.6 Å². The molecular formula is C16H24BrN3. The molecule has 3 nitrogen and oxygen atoms in total. The first kappa shape index (κ1) is 14.3. The topological polar surface area (TPSA) is 37.0 Å². The molecule has 1 aliphatic heterocycles. The Balaban J connectivity index is 1.72. The van der Waals surface area contributed by atoms with Gasteiger partial charge in [-0.05, 0) is 73.1 Å². The van der Waals surface area contributed by atoms with Crippen molar-refractivity contribution >= 4 is 21.6 Å². The standard InChI is InChI=1S/C16H24BrN3/c1-11-13(8-9-16(17)19-11)20-15-6-3-2-5-12(15)14-7-4-10-18-14/h8-9,12,14-15,18,20H,2-7,10H2,1H3. The van der Waals surface area contributed by atoms with Crippen LogP contribution in [0.1, 0.15) is 44.2 Å². The largest absolute Gasteiger partial charge is 0.381 e. The van der Waals surface area contributed by atoms with E-state index in [4.69, 9.17) is 0 Å². The van der Waals surface area contributed by atoms with Gasteiger partial charge in [-0.1, -0.05) is 12.8 Å². The fourth-order valence-electron chi connectivity index (χ4n) is 3.78. The Morgan fingerprint density at radius 2 is 2.05 bits per heavy atom. The van der Waals surface area contributed by atoms with Crippen LogP contribution < -0.4 is 10.6 Å². The Morgan fingerprint density at radius 3 is 2.80 bits per heavy atom. The van der Waals surface area contributed by atoms with Gasteiger partial charge in [0.15, 0.2) is 0 Å². The Labute approximate surface area is 130 Å². The lowest BCUT2D eigenvalue weighted by Gasteiger charge is -2.37. The summed E-state index contributed by atoms with van der Waals surface area (Å²) in [6.45, 7) is 3.28. The number of pyridine rings is 1. The lowest BCUT2D eigenvalue weighted by atomic mass is 9.79. The normalized spacial score (nSPS) is 30.4. The van der Waals surface area contributed by atoms with Gasteiger partial charge in [0.1, 0.15) is 4.60 Å². The summed E-state index contributed by atoms with van der Waals surface area (Å²) in [5.74, 6) is 0.772. The van der Waals surface area contributed by atoms with Crippen LogP contribution >= 0.6 is 15.9 Å². The van der Waals surface area contributed by atoms with Crippen LogP contribution in [0.15, 0.2) is 16.7 Å². The number of hydrogen-bond acceptors (Lipinski definition) is 3. The number of halogens is 1. The number of nitrogens with one attached hydrogen (secondary N) is 2. The monoisotopic (exact) mass is 337 g/mol. The second-order valence-electron chi connectivity index (χ2n) is 6.17. The van der Waals surface area contributed by atoms with Crippen molar-refractivity contribution in [1.29, 1.82) is 0 Å². The van der Waals surface area contributed by atoms with E-state index in [0.717, 1.165) is 22.3 Å². The molecule has 2 aliphatic rings. The number of hydrogen-bond donors (Lipinski definition) is 2. The highest BCUT2D eigenvalue weighted by Crippen LogP contribution is 2.33. The van der Waals surface area contributed by atoms with Crippen molar-refractivity contribution in [2.75, 3.05) is 11.9 Å². The van der Waals surface area contributed by atoms with Crippen molar-refractivity contribution in [3.8, 4) is 0 Å². The molecule has 1 aliphatic carbocycles. The van der Waals surface area contributed by atoms with Gasteiger partial charge in [0.25, 0.3) is 0 Å². The van der Waals surface area contributed by atoms with Crippen LogP contribution in [0.2, 0.25) is 0 Å². The molecule has 4 heteroatoms. The number of aryl methyl sites for hydroxylation is 1. The van der Waals surface area contributed by atoms with Crippen LogP contribution in [0.4, 0.5) is 5.69 Å². The molecule has 3 atom stereocenters. The summed E-state index contributed by atoms with van der Waals surface area (Å²) in [6.07, 6.45) is 8.08. The minimum atomic E-state index is 0.598. The molecule has 3 unspecified atom stereocenters. The molecule has 0 aromatic carbocycles. The third kappa shape index (κ3) is 3.17. The third-order valence-corrected chi connectivity index (χ3v) is 5.27. The molecule has 0 bridgehead atoms. The maximum atomic E-state index is 4.50. The minimum absolute atomic E-state index is 0.598. The second kappa shape index (κ2) is 6.44. The van der Waals surface area contributed by atoms with Crippen LogP contribution in [0.3, 0.4) is 0 Å². The van der Waals surface area contributed by atoms with Crippen molar-refractivity contribution in [1.82, 2.24) is 10.3 Å². The van der Waals surface area contributed by atoms with Gasteiger partial charge < -0.3 is 10.6 Å². The van der Waals surface area contributed by atoms with Gasteiger partial charge in [-0.25, -0.2) is 4.98 Å². The van der Waals surface area contributed by atoms with E-state index in [0.29, 0.717) is 6.04 Å². The Morgan fingerprint density at radius 1 is 1.20 bits per heavy atom. The summed E-state index contributed by atoms with van der Waals surface area (Å²) in [6, 6.07) is 5.50. The summed E-state index contributed by atoms with van der Waals surface area (Å²) >= 11 is 3.44. The summed E-state index contributed by atoms with van der Waals surface area (Å²) in [4.78, 5) is 4.50. The molecule has 0 radical (unpaired) electrons. The SMILES string of the molecule is Cc1nc(Br)ccc1NC1CCCCC1C1CCCN1. The molecule has 1 saturated heterocycles. The smallest absolute Gasteiger partial charge is 0.106 e. The van der Waals surface area contributed by atoms with E-state index in [-0.39, 0.29) is 0 Å². The third-order valence-electron chi connectivity index (χ3n) is 4.83. The average molecular weight is 338 g/mol. The molecule has 1 aromatic heterocycles. The highest BCUT2D eigenvalue weighted by Gasteiger charge is 2.33. The first-order chi connectivity index (χ1) is 9.74. The molecular weight excluding hydrogens is 314 g/mol. The molecule has 3 rings (SSSR count). The zero-order valence-corrected chi connectivity index (χ0v) is 13.7. The van der Waals surface area contributed by atoms with Crippen LogP contribution in [-0.2, 0) is 0 Å². The summed E-state index contributed by atoms with van der Waals surface area (Å²) in [5.41, 5.74) is 2.28. The average Bonchev–Trinajstić information content (AvgIpc) is 2.96. The maximum Gasteiger partial charge on any atom is 0.106 e. The quantitative estimate of drug-likeness (QED) is 0.822. The highest BCUT2D eigenvalue weighted by molar-refractivity contribution is 9.10. The molecule has 0 amide bonds. The van der Waals surface area contributed by atoms with Gasteiger partial charge >= 0.3 is 0 Å². The second-order valence-corrected chi connectivity index (χ2v) is 6.98. The number of nitrogens with zero attached hydrogens (tertiary/aromatic N) is 1. The first-order valence-electron chi connectivity index (χ1n) is 7.87. The summed E-state index contributed by atoms with van der Waals surface area (Å²) in [5, 5.41) is 7.48. The van der Waals surface area contributed by atoms with Crippen molar-refractivity contribution in [3.05, 3.63) is 22.4 Å². The molecule has 1 saturated carbocycles. The van der Waals surface area contributed by atoms with Crippen molar-refractivity contribution < 1.29 is 0 Å². The van der Waals surface area contributed by atoms with Crippen LogP contribution in [0.5, 0.6) is 0 Å². The predicted octanol–water partition coefficient (Wildman–Crippen LogP) is 3.88. The minimum Gasteiger partial charge on any atom is -0.381 e. The lowest BCUT2D eigenvalue weighted by molar-refractivity contribution is 0.262. The predicted molar refractivity (Wildman–Crippen MR) is 87.1 cm³/mol. The molecule has 2 heterocycles. The molecule has 1 aromatic rings.